The van der Waals surface area contributed by atoms with Gasteiger partial charge in [0.15, 0.2) is 0 Å². The third-order valence-electron chi connectivity index (χ3n) is 4.32. The van der Waals surface area contributed by atoms with Crippen LogP contribution in [-0.2, 0) is 20.6 Å². The zero-order valence-corrected chi connectivity index (χ0v) is 18.6. The summed E-state index contributed by atoms with van der Waals surface area (Å²) in [5.74, 6) is 1.46. The minimum absolute atomic E-state index is 0.115. The summed E-state index contributed by atoms with van der Waals surface area (Å²) in [5.41, 5.74) is 1.88. The highest BCUT2D eigenvalue weighted by atomic mass is 32.2. The molecule has 0 aromatic carbocycles. The molecule has 1 unspecified atom stereocenters. The van der Waals surface area contributed by atoms with E-state index in [4.69, 9.17) is 0 Å². The van der Waals surface area contributed by atoms with Crippen LogP contribution in [0.15, 0.2) is 22.7 Å². The molecule has 2 heterocycles. The Morgan fingerprint density at radius 1 is 0.931 bits per heavy atom. The average Bonchev–Trinajstić information content (AvgIpc) is 3.54. The fourth-order valence-corrected chi connectivity index (χ4v) is 3.23. The maximum absolute atomic E-state index is 11.2. The molecule has 2 N–H and O–H groups in total. The van der Waals surface area contributed by atoms with Gasteiger partial charge in [-0.15, -0.1) is 0 Å². The predicted molar refractivity (Wildman–Crippen MR) is 112 cm³/mol. The third-order valence-corrected chi connectivity index (χ3v) is 5.90. The van der Waals surface area contributed by atoms with Crippen molar-refractivity contribution in [3.8, 4) is 0 Å². The number of rotatable bonds is 6. The Labute approximate surface area is 173 Å². The molecule has 2 aromatic heterocycles. The smallest absolute Gasteiger partial charge is 0.248 e. The summed E-state index contributed by atoms with van der Waals surface area (Å²) in [7, 11) is -4.42. The Kier molecular flexibility index (Phi) is 6.47. The first kappa shape index (κ1) is 21.6. The highest BCUT2D eigenvalue weighted by Gasteiger charge is 2.23. The van der Waals surface area contributed by atoms with Crippen molar-refractivity contribution in [3.63, 3.8) is 0 Å². The van der Waals surface area contributed by atoms with Crippen molar-refractivity contribution in [2.75, 3.05) is 23.1 Å². The maximum Gasteiger partial charge on any atom is 0.248 e. The first-order chi connectivity index (χ1) is 13.6. The Hall–Kier alpha value is -2.14. The van der Waals surface area contributed by atoms with Crippen molar-refractivity contribution in [3.05, 3.63) is 23.5 Å². The molecule has 0 spiro atoms. The summed E-state index contributed by atoms with van der Waals surface area (Å²) in [6.45, 7) is 3.81. The molecule has 29 heavy (non-hydrogen) atoms. The van der Waals surface area contributed by atoms with E-state index in [9.17, 15) is 12.6 Å². The summed E-state index contributed by atoms with van der Waals surface area (Å²) < 4.78 is 33.7. The molecule has 4 rings (SSSR count). The molecule has 2 aliphatic carbocycles. The molecule has 2 saturated carbocycles. The van der Waals surface area contributed by atoms with Crippen molar-refractivity contribution >= 4 is 32.3 Å². The fraction of sp³-hybridized carbons (Fsp3) is 0.556. The van der Waals surface area contributed by atoms with Crippen molar-refractivity contribution in [1.29, 1.82) is 0 Å². The first-order valence-electron chi connectivity index (χ1n) is 9.37. The van der Waals surface area contributed by atoms with E-state index in [1.807, 2.05) is 13.8 Å². The molecule has 0 radical (unpaired) electrons. The predicted octanol–water partition coefficient (Wildman–Crippen LogP) is 1.86. The lowest BCUT2D eigenvalue weighted by atomic mass is 10.3. The second kappa shape index (κ2) is 8.70. The number of anilines is 2. The molecule has 2 fully saturated rings. The topological polar surface area (TPSA) is 127 Å². The van der Waals surface area contributed by atoms with Gasteiger partial charge in [0.2, 0.25) is 20.2 Å². The van der Waals surface area contributed by atoms with Gasteiger partial charge in [-0.3, -0.25) is 4.21 Å². The molecule has 158 valence electrons. The number of hydrogen-bond acceptors (Lipinski definition) is 9. The van der Waals surface area contributed by atoms with E-state index >= 15 is 0 Å². The molecule has 0 bridgehead atoms. The van der Waals surface area contributed by atoms with E-state index in [2.05, 4.69) is 30.6 Å². The van der Waals surface area contributed by atoms with Gasteiger partial charge in [0, 0.05) is 48.1 Å². The second-order valence-electron chi connectivity index (χ2n) is 7.43. The van der Waals surface area contributed by atoms with Gasteiger partial charge >= 0.3 is 0 Å². The molecule has 11 heteroatoms. The molecule has 2 aliphatic rings. The summed E-state index contributed by atoms with van der Waals surface area (Å²) in [6, 6.07) is 1.01. The fourth-order valence-electron chi connectivity index (χ4n) is 2.30. The van der Waals surface area contributed by atoms with Crippen molar-refractivity contribution in [1.82, 2.24) is 19.9 Å². The lowest BCUT2D eigenvalue weighted by Gasteiger charge is -2.07. The normalized spacial score (nSPS) is 17.1. The van der Waals surface area contributed by atoms with E-state index in [1.165, 1.54) is 19.0 Å². The van der Waals surface area contributed by atoms with Crippen molar-refractivity contribution in [2.24, 2.45) is 0 Å². The summed E-state index contributed by atoms with van der Waals surface area (Å²) >= 11 is 0. The van der Waals surface area contributed by atoms with Crippen molar-refractivity contribution < 1.29 is 12.6 Å². The summed E-state index contributed by atoms with van der Waals surface area (Å²) in [4.78, 5) is 16.1. The van der Waals surface area contributed by atoms with Crippen LogP contribution in [0.25, 0.3) is 0 Å². The Bertz CT molecular complexity index is 1020. The van der Waals surface area contributed by atoms with Gasteiger partial charge in [-0.2, -0.15) is 0 Å². The van der Waals surface area contributed by atoms with Gasteiger partial charge in [0.25, 0.3) is 0 Å². The summed E-state index contributed by atoms with van der Waals surface area (Å²) in [6.07, 6.45) is 10.6. The largest absolute Gasteiger partial charge is 0.367 e. The highest BCUT2D eigenvalue weighted by molar-refractivity contribution is 7.90. The van der Waals surface area contributed by atoms with E-state index in [-0.39, 0.29) is 5.16 Å². The van der Waals surface area contributed by atoms with Gasteiger partial charge < -0.3 is 10.6 Å². The number of aryl methyl sites for hydroxylation is 2. The highest BCUT2D eigenvalue weighted by Crippen LogP contribution is 2.26. The average molecular weight is 439 g/mol. The molecule has 1 atom stereocenters. The van der Waals surface area contributed by atoms with Gasteiger partial charge in [0.1, 0.15) is 11.6 Å². The Morgan fingerprint density at radius 2 is 1.41 bits per heavy atom. The van der Waals surface area contributed by atoms with Crippen molar-refractivity contribution in [2.45, 2.75) is 61.9 Å². The lowest BCUT2D eigenvalue weighted by molar-refractivity contribution is 0.593. The van der Waals surface area contributed by atoms with Gasteiger partial charge in [0.05, 0.1) is 10.8 Å². The number of nitrogens with zero attached hydrogens (tertiary/aromatic N) is 4. The maximum atomic E-state index is 11.2. The van der Waals surface area contributed by atoms with Gasteiger partial charge in [-0.1, -0.05) is 0 Å². The minimum Gasteiger partial charge on any atom is -0.367 e. The minimum atomic E-state index is -3.32. The Morgan fingerprint density at radius 3 is 1.86 bits per heavy atom. The number of aromatic nitrogens is 4. The van der Waals surface area contributed by atoms with Gasteiger partial charge in [-0.05, 0) is 39.5 Å². The SMILES string of the molecule is Cc1cnc(S(C)(=O)=O)nc1NC1CC1.Cc1cnc(S(C)=O)nc1NC1CC1. The van der Waals surface area contributed by atoms with E-state index in [1.54, 1.807) is 12.5 Å². The monoisotopic (exact) mass is 438 g/mol. The molecular formula is C18H26N6O3S2. The second-order valence-corrected chi connectivity index (χ2v) is 10.6. The van der Waals surface area contributed by atoms with Crippen LogP contribution < -0.4 is 10.6 Å². The van der Waals surface area contributed by atoms with E-state index < -0.39 is 20.6 Å². The molecule has 9 nitrogen and oxygen atoms in total. The number of hydrogen-bond donors (Lipinski definition) is 2. The van der Waals surface area contributed by atoms with E-state index in [0.717, 1.165) is 36.0 Å². The molecule has 0 aliphatic heterocycles. The molecule has 2 aromatic rings. The molecule has 0 saturated heterocycles. The van der Waals surface area contributed by atoms with Crippen LogP contribution >= 0.6 is 0 Å². The molecular weight excluding hydrogens is 412 g/mol. The van der Waals surface area contributed by atoms with Crippen LogP contribution in [0.3, 0.4) is 0 Å². The summed E-state index contributed by atoms with van der Waals surface area (Å²) in [5, 5.41) is 6.76. The van der Waals surface area contributed by atoms with Crippen LogP contribution in [0.5, 0.6) is 0 Å². The quantitative estimate of drug-likeness (QED) is 0.650. The lowest BCUT2D eigenvalue weighted by Crippen LogP contribution is -2.10. The van der Waals surface area contributed by atoms with E-state index in [0.29, 0.717) is 23.1 Å². The standard InChI is InChI=1S/C9H13N3O2S.C9H13N3OS/c1-6-5-10-9(15(2,13)14)12-8(6)11-7-3-4-7;1-6-5-10-9(14(2)13)12-8(6)11-7-3-4-7/h5,7H,3-4H2,1-2H3,(H,10,11,12);5,7H,3-4H2,1-2H3,(H,10,11,12). The Balaban J connectivity index is 0.000000166. The first-order valence-corrected chi connectivity index (χ1v) is 12.8. The van der Waals surface area contributed by atoms with Crippen LogP contribution in [0, 0.1) is 13.8 Å². The van der Waals surface area contributed by atoms with Crippen LogP contribution in [0.1, 0.15) is 36.8 Å². The van der Waals surface area contributed by atoms with Crippen LogP contribution in [-0.4, -0.2) is 57.2 Å². The zero-order chi connectivity index (χ0) is 21.2. The van der Waals surface area contributed by atoms with Crippen LogP contribution in [0.4, 0.5) is 11.6 Å². The number of sulfone groups is 1. The van der Waals surface area contributed by atoms with Gasteiger partial charge in [-0.25, -0.2) is 28.4 Å². The number of nitrogens with one attached hydrogen (secondary N) is 2. The zero-order valence-electron chi connectivity index (χ0n) is 17.0. The molecule has 0 amide bonds. The van der Waals surface area contributed by atoms with Crippen LogP contribution in [0.2, 0.25) is 0 Å². The third kappa shape index (κ3) is 6.43.